The SMILES string of the molecule is C=CC(=O)N1CCC(O)(Cc2cccc(F)c2)CC1. The molecule has 1 aliphatic rings. The van der Waals surface area contributed by atoms with Crippen molar-refractivity contribution in [3.05, 3.63) is 48.3 Å². The molecule has 0 aliphatic carbocycles. The van der Waals surface area contributed by atoms with E-state index in [0.29, 0.717) is 32.4 Å². The zero-order valence-corrected chi connectivity index (χ0v) is 10.8. The molecule has 0 radical (unpaired) electrons. The van der Waals surface area contributed by atoms with Gasteiger partial charge in [-0.15, -0.1) is 0 Å². The summed E-state index contributed by atoms with van der Waals surface area (Å²) in [5.74, 6) is -0.395. The minimum absolute atomic E-state index is 0.104. The molecule has 102 valence electrons. The molecule has 1 fully saturated rings. The van der Waals surface area contributed by atoms with Crippen LogP contribution < -0.4 is 0 Å². The average Bonchev–Trinajstić information content (AvgIpc) is 2.38. The number of nitrogens with zero attached hydrogens (tertiary/aromatic N) is 1. The van der Waals surface area contributed by atoms with Crippen LogP contribution in [-0.2, 0) is 11.2 Å². The summed E-state index contributed by atoms with van der Waals surface area (Å²) < 4.78 is 13.1. The number of halogens is 1. The Morgan fingerprint density at radius 2 is 2.16 bits per heavy atom. The minimum atomic E-state index is -0.855. The maximum atomic E-state index is 13.1. The second-order valence-electron chi connectivity index (χ2n) is 5.06. The van der Waals surface area contributed by atoms with Gasteiger partial charge in [0.1, 0.15) is 5.82 Å². The number of hydrogen-bond acceptors (Lipinski definition) is 2. The van der Waals surface area contributed by atoms with E-state index in [4.69, 9.17) is 0 Å². The fraction of sp³-hybridized carbons (Fsp3) is 0.400. The highest BCUT2D eigenvalue weighted by Crippen LogP contribution is 2.26. The summed E-state index contributed by atoms with van der Waals surface area (Å²) in [7, 11) is 0. The van der Waals surface area contributed by atoms with E-state index in [9.17, 15) is 14.3 Å². The lowest BCUT2D eigenvalue weighted by molar-refractivity contribution is -0.130. The average molecular weight is 263 g/mol. The van der Waals surface area contributed by atoms with E-state index in [1.807, 2.05) is 6.07 Å². The summed E-state index contributed by atoms with van der Waals surface area (Å²) >= 11 is 0. The van der Waals surface area contributed by atoms with Crippen molar-refractivity contribution in [2.24, 2.45) is 0 Å². The molecule has 0 saturated carbocycles. The van der Waals surface area contributed by atoms with Crippen molar-refractivity contribution >= 4 is 5.91 Å². The third kappa shape index (κ3) is 3.41. The van der Waals surface area contributed by atoms with Crippen LogP contribution in [0.5, 0.6) is 0 Å². The number of benzene rings is 1. The Hall–Kier alpha value is -1.68. The molecule has 0 spiro atoms. The van der Waals surface area contributed by atoms with Gasteiger partial charge in [0.05, 0.1) is 5.60 Å². The molecule has 0 unspecified atom stereocenters. The van der Waals surface area contributed by atoms with E-state index < -0.39 is 5.60 Å². The number of carbonyl (C=O) groups is 1. The maximum Gasteiger partial charge on any atom is 0.245 e. The zero-order chi connectivity index (χ0) is 13.9. The van der Waals surface area contributed by atoms with Crippen LogP contribution in [0.25, 0.3) is 0 Å². The Labute approximate surface area is 112 Å². The fourth-order valence-corrected chi connectivity index (χ4v) is 2.48. The summed E-state index contributed by atoms with van der Waals surface area (Å²) in [6.45, 7) is 4.48. The third-order valence-electron chi connectivity index (χ3n) is 3.60. The molecule has 1 saturated heterocycles. The Kier molecular flexibility index (Phi) is 4.00. The number of aliphatic hydroxyl groups is 1. The van der Waals surface area contributed by atoms with Crippen molar-refractivity contribution in [2.75, 3.05) is 13.1 Å². The van der Waals surface area contributed by atoms with Crippen molar-refractivity contribution < 1.29 is 14.3 Å². The smallest absolute Gasteiger partial charge is 0.245 e. The minimum Gasteiger partial charge on any atom is -0.389 e. The van der Waals surface area contributed by atoms with Gasteiger partial charge in [0, 0.05) is 19.5 Å². The Balaban J connectivity index is 1.98. The maximum absolute atomic E-state index is 13.1. The molecule has 4 heteroatoms. The molecule has 0 bridgehead atoms. The molecule has 0 aromatic heterocycles. The van der Waals surface area contributed by atoms with Crippen LogP contribution in [0, 0.1) is 5.82 Å². The molecule has 1 aliphatic heterocycles. The Bertz CT molecular complexity index is 479. The topological polar surface area (TPSA) is 40.5 Å². The second kappa shape index (κ2) is 5.53. The van der Waals surface area contributed by atoms with Crippen LogP contribution in [0.4, 0.5) is 4.39 Å². The van der Waals surface area contributed by atoms with Crippen LogP contribution in [0.2, 0.25) is 0 Å². The van der Waals surface area contributed by atoms with Gasteiger partial charge < -0.3 is 10.0 Å². The molecule has 19 heavy (non-hydrogen) atoms. The van der Waals surface area contributed by atoms with E-state index in [1.54, 1.807) is 11.0 Å². The number of amides is 1. The molecule has 1 aromatic rings. The summed E-state index contributed by atoms with van der Waals surface area (Å²) in [4.78, 5) is 13.1. The zero-order valence-electron chi connectivity index (χ0n) is 10.8. The lowest BCUT2D eigenvalue weighted by Gasteiger charge is -2.38. The lowest BCUT2D eigenvalue weighted by atomic mass is 9.85. The highest BCUT2D eigenvalue weighted by atomic mass is 19.1. The highest BCUT2D eigenvalue weighted by Gasteiger charge is 2.33. The van der Waals surface area contributed by atoms with Gasteiger partial charge in [-0.2, -0.15) is 0 Å². The van der Waals surface area contributed by atoms with Crippen LogP contribution in [0.15, 0.2) is 36.9 Å². The van der Waals surface area contributed by atoms with Crippen LogP contribution in [-0.4, -0.2) is 34.6 Å². The van der Waals surface area contributed by atoms with Crippen molar-refractivity contribution in [1.29, 1.82) is 0 Å². The quantitative estimate of drug-likeness (QED) is 0.846. The molecule has 1 aromatic carbocycles. The predicted molar refractivity (Wildman–Crippen MR) is 71.1 cm³/mol. The monoisotopic (exact) mass is 263 g/mol. The first-order valence-corrected chi connectivity index (χ1v) is 6.41. The number of rotatable bonds is 3. The third-order valence-corrected chi connectivity index (χ3v) is 3.60. The molecule has 1 heterocycles. The normalized spacial score (nSPS) is 18.1. The number of hydrogen-bond donors (Lipinski definition) is 1. The van der Waals surface area contributed by atoms with Gasteiger partial charge in [-0.3, -0.25) is 4.79 Å². The summed E-state index contributed by atoms with van der Waals surface area (Å²) in [6.07, 6.45) is 2.71. The van der Waals surface area contributed by atoms with E-state index in [2.05, 4.69) is 6.58 Å². The first-order valence-electron chi connectivity index (χ1n) is 6.41. The molecule has 1 amide bonds. The van der Waals surface area contributed by atoms with Crippen LogP contribution in [0.3, 0.4) is 0 Å². The van der Waals surface area contributed by atoms with Crippen molar-refractivity contribution in [3.63, 3.8) is 0 Å². The molecular weight excluding hydrogens is 245 g/mol. The standard InChI is InChI=1S/C15H18FNO2/c1-2-14(18)17-8-6-15(19,7-9-17)11-12-4-3-5-13(16)10-12/h2-5,10,19H,1,6-9,11H2. The largest absolute Gasteiger partial charge is 0.389 e. The van der Waals surface area contributed by atoms with E-state index in [-0.39, 0.29) is 11.7 Å². The molecule has 3 nitrogen and oxygen atoms in total. The van der Waals surface area contributed by atoms with Gasteiger partial charge in [0.15, 0.2) is 0 Å². The van der Waals surface area contributed by atoms with Gasteiger partial charge in [-0.25, -0.2) is 4.39 Å². The first kappa shape index (κ1) is 13.7. The molecular formula is C15H18FNO2. The fourth-order valence-electron chi connectivity index (χ4n) is 2.48. The summed E-state index contributed by atoms with van der Waals surface area (Å²) in [5.41, 5.74) is -0.0721. The number of carbonyl (C=O) groups excluding carboxylic acids is 1. The van der Waals surface area contributed by atoms with Gasteiger partial charge in [0.2, 0.25) is 5.91 Å². The van der Waals surface area contributed by atoms with Gasteiger partial charge >= 0.3 is 0 Å². The van der Waals surface area contributed by atoms with Crippen molar-refractivity contribution in [1.82, 2.24) is 4.90 Å². The van der Waals surface area contributed by atoms with Crippen molar-refractivity contribution in [2.45, 2.75) is 24.9 Å². The van der Waals surface area contributed by atoms with Crippen molar-refractivity contribution in [3.8, 4) is 0 Å². The van der Waals surface area contributed by atoms with Gasteiger partial charge in [0.25, 0.3) is 0 Å². The number of piperidine rings is 1. The summed E-state index contributed by atoms with van der Waals surface area (Å²) in [5, 5.41) is 10.5. The predicted octanol–water partition coefficient (Wildman–Crippen LogP) is 1.91. The molecule has 0 atom stereocenters. The Morgan fingerprint density at radius 3 is 2.74 bits per heavy atom. The van der Waals surface area contributed by atoms with E-state index >= 15 is 0 Å². The first-order chi connectivity index (χ1) is 9.02. The van der Waals surface area contributed by atoms with Crippen LogP contribution in [0.1, 0.15) is 18.4 Å². The van der Waals surface area contributed by atoms with Gasteiger partial charge in [-0.05, 0) is 36.6 Å². The van der Waals surface area contributed by atoms with Crippen LogP contribution >= 0.6 is 0 Å². The highest BCUT2D eigenvalue weighted by molar-refractivity contribution is 5.87. The summed E-state index contributed by atoms with van der Waals surface area (Å²) in [6, 6.07) is 6.28. The lowest BCUT2D eigenvalue weighted by Crippen LogP contribution is -2.47. The Morgan fingerprint density at radius 1 is 1.47 bits per heavy atom. The van der Waals surface area contributed by atoms with E-state index in [0.717, 1.165) is 5.56 Å². The van der Waals surface area contributed by atoms with Gasteiger partial charge in [-0.1, -0.05) is 18.7 Å². The number of likely N-dealkylation sites (tertiary alicyclic amines) is 1. The second-order valence-corrected chi connectivity index (χ2v) is 5.06. The van der Waals surface area contributed by atoms with E-state index in [1.165, 1.54) is 18.2 Å². The molecule has 1 N–H and O–H groups in total. The molecule has 2 rings (SSSR count).